The summed E-state index contributed by atoms with van der Waals surface area (Å²) in [6.07, 6.45) is 5.87. The van der Waals surface area contributed by atoms with E-state index in [1.54, 1.807) is 0 Å². The minimum absolute atomic E-state index is 0.0706. The zero-order valence-electron chi connectivity index (χ0n) is 14.7. The molecule has 0 saturated carbocycles. The van der Waals surface area contributed by atoms with Crippen molar-refractivity contribution in [3.05, 3.63) is 0 Å². The molecule has 2 saturated heterocycles. The van der Waals surface area contributed by atoms with Crippen LogP contribution in [0, 0.1) is 5.92 Å². The van der Waals surface area contributed by atoms with Crippen molar-refractivity contribution < 1.29 is 9.53 Å². The van der Waals surface area contributed by atoms with Crippen LogP contribution in [-0.4, -0.2) is 67.8 Å². The molecule has 0 bridgehead atoms. The quantitative estimate of drug-likeness (QED) is 0.847. The van der Waals surface area contributed by atoms with Crippen LogP contribution < -0.4 is 5.32 Å². The molecular formula is C17H33N3O2. The number of carbonyl (C=O) groups is 1. The number of rotatable bonds is 5. The molecule has 0 aromatic carbocycles. The molecular weight excluding hydrogens is 278 g/mol. The highest BCUT2D eigenvalue weighted by atomic mass is 16.5. The van der Waals surface area contributed by atoms with Gasteiger partial charge in [0.15, 0.2) is 0 Å². The predicted octanol–water partition coefficient (Wildman–Crippen LogP) is 2.32. The van der Waals surface area contributed by atoms with Gasteiger partial charge < -0.3 is 19.9 Å². The lowest BCUT2D eigenvalue weighted by Crippen LogP contribution is -2.53. The standard InChI is InChI=1S/C17H33N3O2/c1-13-12-19(3)10-9-16(13)20(4)17(21)18-14(2)7-8-15-6-5-11-22-15/h13-16H,5-12H2,1-4H3,(H,18,21). The zero-order valence-corrected chi connectivity index (χ0v) is 14.7. The summed E-state index contributed by atoms with van der Waals surface area (Å²) < 4.78 is 5.65. The average molecular weight is 311 g/mol. The van der Waals surface area contributed by atoms with Crippen LogP contribution in [0.2, 0.25) is 0 Å². The number of nitrogens with one attached hydrogen (secondary N) is 1. The highest BCUT2D eigenvalue weighted by molar-refractivity contribution is 5.74. The molecule has 2 amide bonds. The van der Waals surface area contributed by atoms with Gasteiger partial charge in [-0.2, -0.15) is 0 Å². The van der Waals surface area contributed by atoms with E-state index in [0.29, 0.717) is 18.1 Å². The van der Waals surface area contributed by atoms with E-state index in [2.05, 4.69) is 31.1 Å². The third-order valence-corrected chi connectivity index (χ3v) is 5.20. The number of carbonyl (C=O) groups excluding carboxylic acids is 1. The van der Waals surface area contributed by atoms with Crippen molar-refractivity contribution in [1.82, 2.24) is 15.1 Å². The molecule has 2 aliphatic rings. The van der Waals surface area contributed by atoms with E-state index in [1.165, 1.54) is 12.8 Å². The highest BCUT2D eigenvalue weighted by Crippen LogP contribution is 2.21. The Bertz CT molecular complexity index is 358. The van der Waals surface area contributed by atoms with Gasteiger partial charge in [0.1, 0.15) is 0 Å². The number of amides is 2. The molecule has 4 atom stereocenters. The maximum absolute atomic E-state index is 12.4. The largest absolute Gasteiger partial charge is 0.378 e. The maximum Gasteiger partial charge on any atom is 0.317 e. The number of hydrogen-bond donors (Lipinski definition) is 1. The number of piperidine rings is 1. The molecule has 1 N–H and O–H groups in total. The lowest BCUT2D eigenvalue weighted by molar-refractivity contribution is 0.0967. The summed E-state index contributed by atoms with van der Waals surface area (Å²) in [5.41, 5.74) is 0. The smallest absolute Gasteiger partial charge is 0.317 e. The van der Waals surface area contributed by atoms with Gasteiger partial charge in [0.25, 0.3) is 0 Å². The molecule has 0 aliphatic carbocycles. The normalized spacial score (nSPS) is 31.0. The van der Waals surface area contributed by atoms with Gasteiger partial charge in [0, 0.05) is 32.3 Å². The van der Waals surface area contributed by atoms with Crippen molar-refractivity contribution in [3.8, 4) is 0 Å². The second kappa shape index (κ2) is 8.16. The third kappa shape index (κ3) is 4.85. The van der Waals surface area contributed by atoms with Gasteiger partial charge in [0.05, 0.1) is 6.10 Å². The summed E-state index contributed by atoms with van der Waals surface area (Å²) in [6.45, 7) is 7.38. The Hall–Kier alpha value is -0.810. The van der Waals surface area contributed by atoms with E-state index in [9.17, 15) is 4.79 Å². The predicted molar refractivity (Wildman–Crippen MR) is 89.0 cm³/mol. The third-order valence-electron chi connectivity index (χ3n) is 5.20. The number of likely N-dealkylation sites (tertiary alicyclic amines) is 1. The topological polar surface area (TPSA) is 44.8 Å². The Morgan fingerprint density at radius 1 is 1.45 bits per heavy atom. The molecule has 2 heterocycles. The fourth-order valence-corrected chi connectivity index (χ4v) is 3.76. The van der Waals surface area contributed by atoms with Crippen LogP contribution in [-0.2, 0) is 4.74 Å². The zero-order chi connectivity index (χ0) is 16.1. The highest BCUT2D eigenvalue weighted by Gasteiger charge is 2.30. The summed E-state index contributed by atoms with van der Waals surface area (Å²) in [5, 5.41) is 3.15. The molecule has 128 valence electrons. The van der Waals surface area contributed by atoms with Crippen LogP contribution in [0.5, 0.6) is 0 Å². The molecule has 0 radical (unpaired) electrons. The Morgan fingerprint density at radius 2 is 2.23 bits per heavy atom. The fourth-order valence-electron chi connectivity index (χ4n) is 3.76. The van der Waals surface area contributed by atoms with Crippen molar-refractivity contribution in [2.24, 2.45) is 5.92 Å². The van der Waals surface area contributed by atoms with Crippen LogP contribution >= 0.6 is 0 Å². The van der Waals surface area contributed by atoms with Gasteiger partial charge >= 0.3 is 6.03 Å². The lowest BCUT2D eigenvalue weighted by Gasteiger charge is -2.40. The number of ether oxygens (including phenoxy) is 1. The molecule has 2 fully saturated rings. The summed E-state index contributed by atoms with van der Waals surface area (Å²) >= 11 is 0. The summed E-state index contributed by atoms with van der Waals surface area (Å²) in [7, 11) is 4.09. The van der Waals surface area contributed by atoms with Gasteiger partial charge in [0.2, 0.25) is 0 Å². The van der Waals surface area contributed by atoms with Crippen LogP contribution in [0.25, 0.3) is 0 Å². The van der Waals surface area contributed by atoms with Crippen molar-refractivity contribution in [2.45, 2.75) is 64.1 Å². The first-order chi connectivity index (χ1) is 10.5. The molecule has 2 rings (SSSR count). The van der Waals surface area contributed by atoms with E-state index >= 15 is 0 Å². The Morgan fingerprint density at radius 3 is 2.86 bits per heavy atom. The van der Waals surface area contributed by atoms with E-state index in [0.717, 1.165) is 39.0 Å². The van der Waals surface area contributed by atoms with E-state index in [1.807, 2.05) is 11.9 Å². The van der Waals surface area contributed by atoms with Gasteiger partial charge in [-0.15, -0.1) is 0 Å². The van der Waals surface area contributed by atoms with Gasteiger partial charge in [-0.3, -0.25) is 0 Å². The van der Waals surface area contributed by atoms with Crippen LogP contribution in [0.3, 0.4) is 0 Å². The maximum atomic E-state index is 12.4. The van der Waals surface area contributed by atoms with Crippen molar-refractivity contribution in [3.63, 3.8) is 0 Å². The first kappa shape index (κ1) is 17.5. The summed E-state index contributed by atoms with van der Waals surface area (Å²) in [4.78, 5) is 16.7. The molecule has 5 heteroatoms. The molecule has 5 nitrogen and oxygen atoms in total. The van der Waals surface area contributed by atoms with E-state index < -0.39 is 0 Å². The second-order valence-corrected chi connectivity index (χ2v) is 7.27. The Kier molecular flexibility index (Phi) is 6.50. The second-order valence-electron chi connectivity index (χ2n) is 7.27. The number of urea groups is 1. The molecule has 0 aromatic rings. The SMILES string of the molecule is CC(CCC1CCCO1)NC(=O)N(C)C1CCN(C)CC1C. The monoisotopic (exact) mass is 311 g/mol. The molecule has 0 aromatic heterocycles. The minimum atomic E-state index is 0.0706. The van der Waals surface area contributed by atoms with Gasteiger partial charge in [-0.05, 0) is 58.5 Å². The van der Waals surface area contributed by atoms with E-state index in [-0.39, 0.29) is 12.1 Å². The summed E-state index contributed by atoms with van der Waals surface area (Å²) in [6, 6.07) is 0.628. The van der Waals surface area contributed by atoms with Crippen LogP contribution in [0.15, 0.2) is 0 Å². The Balaban J connectivity index is 1.72. The van der Waals surface area contributed by atoms with Gasteiger partial charge in [-0.25, -0.2) is 4.79 Å². The number of nitrogens with zero attached hydrogens (tertiary/aromatic N) is 2. The van der Waals surface area contributed by atoms with Gasteiger partial charge in [-0.1, -0.05) is 6.92 Å². The average Bonchev–Trinajstić information content (AvgIpc) is 2.97. The van der Waals surface area contributed by atoms with Crippen LogP contribution in [0.4, 0.5) is 4.79 Å². The van der Waals surface area contributed by atoms with Crippen molar-refractivity contribution in [1.29, 1.82) is 0 Å². The minimum Gasteiger partial charge on any atom is -0.378 e. The van der Waals surface area contributed by atoms with Crippen molar-refractivity contribution >= 4 is 6.03 Å². The molecule has 4 unspecified atom stereocenters. The molecule has 22 heavy (non-hydrogen) atoms. The Labute approximate surface area is 135 Å². The molecule has 2 aliphatic heterocycles. The molecule has 0 spiro atoms. The summed E-state index contributed by atoms with van der Waals surface area (Å²) in [5.74, 6) is 0.525. The van der Waals surface area contributed by atoms with Crippen LogP contribution in [0.1, 0.15) is 46.0 Å². The first-order valence-electron chi connectivity index (χ1n) is 8.81. The van der Waals surface area contributed by atoms with E-state index in [4.69, 9.17) is 4.74 Å². The lowest BCUT2D eigenvalue weighted by atomic mass is 9.93. The first-order valence-corrected chi connectivity index (χ1v) is 8.81. The number of hydrogen-bond acceptors (Lipinski definition) is 3. The fraction of sp³-hybridized carbons (Fsp3) is 0.941. The van der Waals surface area contributed by atoms with Crippen molar-refractivity contribution in [2.75, 3.05) is 33.8 Å².